The minimum Gasteiger partial charge on any atom is -0.433 e. The van der Waals surface area contributed by atoms with Gasteiger partial charge >= 0.3 is 12.1 Å². The summed E-state index contributed by atoms with van der Waals surface area (Å²) in [5.41, 5.74) is -0.425. The lowest BCUT2D eigenvalue weighted by Crippen LogP contribution is -2.31. The Kier molecular flexibility index (Phi) is 9.10. The van der Waals surface area contributed by atoms with Crippen LogP contribution in [0.3, 0.4) is 0 Å². The summed E-state index contributed by atoms with van der Waals surface area (Å²) in [4.78, 5) is 32.3. The van der Waals surface area contributed by atoms with E-state index in [1.807, 2.05) is 20.8 Å². The summed E-state index contributed by atoms with van der Waals surface area (Å²) in [5, 5.41) is 4.48. The molecule has 0 saturated heterocycles. The highest BCUT2D eigenvalue weighted by Crippen LogP contribution is 2.29. The molecule has 0 aliphatic rings. The number of carbonyl (C=O) groups excluding carboxylic acids is 2. The highest BCUT2D eigenvalue weighted by molar-refractivity contribution is 5.86. The summed E-state index contributed by atoms with van der Waals surface area (Å²) in [6.07, 6.45) is -2.46. The predicted octanol–water partition coefficient (Wildman–Crippen LogP) is 4.05. The fraction of sp³-hybridized carbons (Fsp3) is 0.765. The Morgan fingerprint density at radius 3 is 2.00 bits per heavy atom. The number of esters is 1. The van der Waals surface area contributed by atoms with E-state index in [1.165, 1.54) is 20.8 Å². The number of carbonyl (C=O) groups is 2. The van der Waals surface area contributed by atoms with Gasteiger partial charge < -0.3 is 14.2 Å². The molecule has 2 unspecified atom stereocenters. The highest BCUT2D eigenvalue weighted by Gasteiger charge is 2.28. The van der Waals surface area contributed by atoms with Crippen LogP contribution in [-0.4, -0.2) is 30.3 Å². The van der Waals surface area contributed by atoms with Gasteiger partial charge in [0, 0.05) is 5.57 Å². The molecular weight excluding hydrogens is 332 g/mol. The quantitative estimate of drug-likeness (QED) is 0.199. The zero-order valence-electron chi connectivity index (χ0n) is 16.3. The van der Waals surface area contributed by atoms with E-state index in [1.54, 1.807) is 13.8 Å². The summed E-state index contributed by atoms with van der Waals surface area (Å²) >= 11 is 0. The summed E-state index contributed by atoms with van der Waals surface area (Å²) in [6.45, 7) is 17.6. The monoisotopic (exact) mass is 362 g/mol. The van der Waals surface area contributed by atoms with Gasteiger partial charge in [-0.1, -0.05) is 27.4 Å². The molecule has 0 amide bonds. The van der Waals surface area contributed by atoms with E-state index in [4.69, 9.17) is 19.1 Å². The Balaban J connectivity index is 4.13. The second kappa shape index (κ2) is 9.74. The predicted molar refractivity (Wildman–Crippen MR) is 88.8 cm³/mol. The first-order valence-corrected chi connectivity index (χ1v) is 7.97. The molecule has 0 rings (SSSR count). The number of hydrogen-bond acceptors (Lipinski definition) is 8. The first-order valence-electron chi connectivity index (χ1n) is 7.97. The van der Waals surface area contributed by atoms with E-state index in [0.29, 0.717) is 6.42 Å². The molecule has 0 radical (unpaired) electrons. The van der Waals surface area contributed by atoms with Crippen LogP contribution in [0.4, 0.5) is 4.79 Å². The van der Waals surface area contributed by atoms with Gasteiger partial charge in [-0.15, -0.1) is 0 Å². The third-order valence-electron chi connectivity index (χ3n) is 2.58. The second-order valence-electron chi connectivity index (χ2n) is 7.56. The molecule has 0 bridgehead atoms. The van der Waals surface area contributed by atoms with Crippen LogP contribution >= 0.6 is 0 Å². The van der Waals surface area contributed by atoms with Crippen LogP contribution in [0.1, 0.15) is 61.8 Å². The number of ether oxygens (including phenoxy) is 3. The van der Waals surface area contributed by atoms with Gasteiger partial charge in [-0.2, -0.15) is 4.89 Å². The Morgan fingerprint density at radius 1 is 1.00 bits per heavy atom. The van der Waals surface area contributed by atoms with Gasteiger partial charge in [-0.05, 0) is 51.5 Å². The molecule has 25 heavy (non-hydrogen) atoms. The molecule has 8 nitrogen and oxygen atoms in total. The van der Waals surface area contributed by atoms with Crippen molar-refractivity contribution < 1.29 is 38.6 Å². The minimum absolute atomic E-state index is 0.00703. The molecule has 146 valence electrons. The molecule has 0 aliphatic heterocycles. The Labute approximate surface area is 149 Å². The summed E-state index contributed by atoms with van der Waals surface area (Å²) in [6, 6.07) is 0. The lowest BCUT2D eigenvalue weighted by Gasteiger charge is -2.29. The zero-order valence-corrected chi connectivity index (χ0v) is 16.3. The van der Waals surface area contributed by atoms with Crippen LogP contribution in [0.5, 0.6) is 0 Å². The van der Waals surface area contributed by atoms with Crippen molar-refractivity contribution in [3.05, 3.63) is 12.2 Å². The van der Waals surface area contributed by atoms with Crippen LogP contribution < -0.4 is 0 Å². The highest BCUT2D eigenvalue weighted by atomic mass is 17.5. The van der Waals surface area contributed by atoms with Gasteiger partial charge in [0.1, 0.15) is 5.60 Å². The molecule has 0 aromatic rings. The molecule has 2 atom stereocenters. The molecule has 0 aliphatic carbocycles. The lowest BCUT2D eigenvalue weighted by atomic mass is 9.84. The van der Waals surface area contributed by atoms with Crippen LogP contribution in [0, 0.1) is 5.41 Å². The first-order chi connectivity index (χ1) is 11.2. The minimum atomic E-state index is -1.16. The molecule has 0 fully saturated rings. The normalized spacial score (nSPS) is 14.4. The Morgan fingerprint density at radius 2 is 1.52 bits per heavy atom. The van der Waals surface area contributed by atoms with E-state index >= 15 is 0 Å². The summed E-state index contributed by atoms with van der Waals surface area (Å²) in [5.74, 6) is -0.611. The van der Waals surface area contributed by atoms with E-state index in [-0.39, 0.29) is 11.0 Å². The van der Waals surface area contributed by atoms with Crippen molar-refractivity contribution in [3.8, 4) is 0 Å². The smallest absolute Gasteiger partial charge is 0.433 e. The fourth-order valence-electron chi connectivity index (χ4n) is 2.18. The molecule has 0 saturated carbocycles. The summed E-state index contributed by atoms with van der Waals surface area (Å²) < 4.78 is 14.8. The average Bonchev–Trinajstić information content (AvgIpc) is 2.34. The third kappa shape index (κ3) is 12.4. The molecule has 0 aromatic carbocycles. The SMILES string of the molecule is C=C(C)C(=O)OC(C)OC(C)OC(=O)OOOC(C)(C)CC(C)(C)C. The Hall–Kier alpha value is -1.64. The van der Waals surface area contributed by atoms with Gasteiger partial charge in [-0.3, -0.25) is 0 Å². The molecule has 0 spiro atoms. The van der Waals surface area contributed by atoms with E-state index in [0.717, 1.165) is 0 Å². The van der Waals surface area contributed by atoms with Gasteiger partial charge in [0.15, 0.2) is 0 Å². The maximum atomic E-state index is 11.5. The van der Waals surface area contributed by atoms with Crippen molar-refractivity contribution in [2.24, 2.45) is 5.41 Å². The van der Waals surface area contributed by atoms with Gasteiger partial charge in [-0.25, -0.2) is 14.5 Å². The average molecular weight is 362 g/mol. The second-order valence-corrected chi connectivity index (χ2v) is 7.56. The van der Waals surface area contributed by atoms with E-state index < -0.39 is 30.3 Å². The molecule has 0 heterocycles. The lowest BCUT2D eigenvalue weighted by molar-refractivity contribution is -0.519. The van der Waals surface area contributed by atoms with Gasteiger partial charge in [0.05, 0.1) is 0 Å². The van der Waals surface area contributed by atoms with Crippen molar-refractivity contribution in [1.82, 2.24) is 0 Å². The fourth-order valence-corrected chi connectivity index (χ4v) is 2.18. The largest absolute Gasteiger partial charge is 0.544 e. The van der Waals surface area contributed by atoms with Gasteiger partial charge in [0.25, 0.3) is 0 Å². The van der Waals surface area contributed by atoms with Crippen molar-refractivity contribution in [2.45, 2.75) is 80.0 Å². The zero-order chi connectivity index (χ0) is 19.8. The van der Waals surface area contributed by atoms with Gasteiger partial charge in [0.2, 0.25) is 12.6 Å². The van der Waals surface area contributed by atoms with E-state index in [2.05, 4.69) is 16.5 Å². The topological polar surface area (TPSA) is 89.5 Å². The maximum absolute atomic E-state index is 11.5. The van der Waals surface area contributed by atoms with Crippen molar-refractivity contribution in [3.63, 3.8) is 0 Å². The van der Waals surface area contributed by atoms with Crippen molar-refractivity contribution in [1.29, 1.82) is 0 Å². The summed E-state index contributed by atoms with van der Waals surface area (Å²) in [7, 11) is 0. The van der Waals surface area contributed by atoms with Crippen LogP contribution in [0.15, 0.2) is 12.2 Å². The molecule has 0 aromatic heterocycles. The molecule has 0 N–H and O–H groups in total. The third-order valence-corrected chi connectivity index (χ3v) is 2.58. The van der Waals surface area contributed by atoms with Crippen LogP contribution in [0.2, 0.25) is 0 Å². The number of rotatable bonds is 9. The Bertz CT molecular complexity index is 464. The van der Waals surface area contributed by atoms with Crippen LogP contribution in [0.25, 0.3) is 0 Å². The van der Waals surface area contributed by atoms with E-state index in [9.17, 15) is 9.59 Å². The van der Waals surface area contributed by atoms with Crippen molar-refractivity contribution in [2.75, 3.05) is 0 Å². The van der Waals surface area contributed by atoms with Crippen molar-refractivity contribution >= 4 is 12.1 Å². The standard InChI is InChI=1S/C17H30O8/c1-11(2)14(18)21-12(3)20-13(4)22-15(19)23-25-24-17(8,9)10-16(5,6)7/h12-13H,1,10H2,2-9H3. The van der Waals surface area contributed by atoms with Crippen LogP contribution in [-0.2, 0) is 33.8 Å². The number of hydrogen-bond donors (Lipinski definition) is 0. The maximum Gasteiger partial charge on any atom is 0.544 e. The molecular formula is C17H30O8. The first kappa shape index (κ1) is 23.4. The molecule has 8 heteroatoms.